The summed E-state index contributed by atoms with van der Waals surface area (Å²) in [5.74, 6) is 2.56. The van der Waals surface area contributed by atoms with Crippen LogP contribution in [-0.2, 0) is 13.5 Å². The van der Waals surface area contributed by atoms with Crippen LogP contribution in [0, 0.1) is 0 Å². The van der Waals surface area contributed by atoms with Crippen molar-refractivity contribution in [3.8, 4) is 17.2 Å². The highest BCUT2D eigenvalue weighted by Crippen LogP contribution is 2.38. The van der Waals surface area contributed by atoms with Gasteiger partial charge >= 0.3 is 0 Å². The van der Waals surface area contributed by atoms with E-state index < -0.39 is 0 Å². The van der Waals surface area contributed by atoms with E-state index in [1.54, 1.807) is 4.68 Å². The van der Waals surface area contributed by atoms with E-state index in [0.29, 0.717) is 28.7 Å². The first-order valence-corrected chi connectivity index (χ1v) is 8.17. The molecule has 1 aliphatic rings. The molecule has 9 heteroatoms. The molecule has 0 spiro atoms. The third kappa shape index (κ3) is 2.85. The first-order valence-electron chi connectivity index (χ1n) is 7.42. The topological polar surface area (TPSA) is 89.9 Å². The Hall–Kier alpha value is -2.12. The highest BCUT2D eigenvalue weighted by Gasteiger charge is 2.28. The lowest BCUT2D eigenvalue weighted by Crippen LogP contribution is -2.01. The van der Waals surface area contributed by atoms with Gasteiger partial charge in [-0.2, -0.15) is 10.1 Å². The number of aryl methyl sites for hydroxylation is 1. The molecular weight excluding hydrogens is 353 g/mol. The Morgan fingerprint density at radius 2 is 2.08 bits per heavy atom. The van der Waals surface area contributed by atoms with Gasteiger partial charge in [0.05, 0.1) is 17.0 Å². The van der Waals surface area contributed by atoms with Gasteiger partial charge in [-0.15, -0.1) is 0 Å². The summed E-state index contributed by atoms with van der Waals surface area (Å²) in [7, 11) is 1.85. The van der Waals surface area contributed by atoms with E-state index in [0.717, 1.165) is 24.5 Å². The van der Waals surface area contributed by atoms with Gasteiger partial charge in [0.25, 0.3) is 5.89 Å². The van der Waals surface area contributed by atoms with Crippen LogP contribution in [-0.4, -0.2) is 30.0 Å². The Morgan fingerprint density at radius 3 is 2.83 bits per heavy atom. The van der Waals surface area contributed by atoms with Crippen LogP contribution >= 0.6 is 23.2 Å². The predicted octanol–water partition coefficient (Wildman–Crippen LogP) is 3.35. The number of halogens is 2. The monoisotopic (exact) mass is 365 g/mol. The van der Waals surface area contributed by atoms with Gasteiger partial charge in [0.15, 0.2) is 11.6 Å². The van der Waals surface area contributed by atoms with Crippen LogP contribution in [0.25, 0.3) is 11.5 Å². The van der Waals surface area contributed by atoms with Crippen molar-refractivity contribution in [3.05, 3.63) is 39.7 Å². The first kappa shape index (κ1) is 15.4. The zero-order chi connectivity index (χ0) is 16.8. The lowest BCUT2D eigenvalue weighted by atomic mass is 10.2. The highest BCUT2D eigenvalue weighted by atomic mass is 35.5. The van der Waals surface area contributed by atoms with E-state index in [1.165, 1.54) is 12.1 Å². The second kappa shape index (κ2) is 5.75. The van der Waals surface area contributed by atoms with Gasteiger partial charge < -0.3 is 9.63 Å². The largest absolute Gasteiger partial charge is 0.506 e. The number of benzene rings is 1. The van der Waals surface area contributed by atoms with Gasteiger partial charge in [-0.05, 0) is 25.0 Å². The minimum Gasteiger partial charge on any atom is -0.506 e. The quantitative estimate of drug-likeness (QED) is 0.762. The Labute approximate surface area is 147 Å². The van der Waals surface area contributed by atoms with E-state index in [1.807, 2.05) is 7.05 Å². The van der Waals surface area contributed by atoms with E-state index in [2.05, 4.69) is 20.2 Å². The molecule has 1 N–H and O–H groups in total. The maximum Gasteiger partial charge on any atom is 0.261 e. The smallest absolute Gasteiger partial charge is 0.261 e. The summed E-state index contributed by atoms with van der Waals surface area (Å²) in [6.45, 7) is 0. The molecule has 2 aromatic heterocycles. The van der Waals surface area contributed by atoms with Crippen LogP contribution in [0.15, 0.2) is 16.7 Å². The van der Waals surface area contributed by atoms with Crippen LogP contribution in [0.3, 0.4) is 0 Å². The predicted molar refractivity (Wildman–Crippen MR) is 87.2 cm³/mol. The number of aromatic nitrogens is 5. The van der Waals surface area contributed by atoms with Crippen molar-refractivity contribution in [1.29, 1.82) is 0 Å². The molecule has 1 fully saturated rings. The van der Waals surface area contributed by atoms with Crippen LogP contribution in [0.1, 0.15) is 36.2 Å². The average molecular weight is 366 g/mol. The Kier molecular flexibility index (Phi) is 3.69. The van der Waals surface area contributed by atoms with Gasteiger partial charge in [-0.3, -0.25) is 4.68 Å². The summed E-state index contributed by atoms with van der Waals surface area (Å²) in [6, 6.07) is 2.96. The number of phenolic OH excluding ortho intramolecular Hbond substituents is 1. The van der Waals surface area contributed by atoms with Crippen LogP contribution in [0.2, 0.25) is 10.0 Å². The van der Waals surface area contributed by atoms with Gasteiger partial charge in [0, 0.05) is 18.0 Å². The van der Waals surface area contributed by atoms with Gasteiger partial charge in [0.2, 0.25) is 0 Å². The molecule has 0 atom stereocenters. The molecule has 0 amide bonds. The number of nitrogens with zero attached hydrogens (tertiary/aromatic N) is 5. The SMILES string of the molecule is Cn1nc(C2CC2)nc1Cc1noc(-c2cc(Cl)cc(Cl)c2O)n1. The Balaban J connectivity index is 1.61. The van der Waals surface area contributed by atoms with E-state index in [9.17, 15) is 5.11 Å². The summed E-state index contributed by atoms with van der Waals surface area (Å²) >= 11 is 11.9. The van der Waals surface area contributed by atoms with Gasteiger partial charge in [-0.1, -0.05) is 28.4 Å². The highest BCUT2D eigenvalue weighted by molar-refractivity contribution is 6.36. The summed E-state index contributed by atoms with van der Waals surface area (Å²) in [5.41, 5.74) is 0.294. The van der Waals surface area contributed by atoms with E-state index >= 15 is 0 Å². The Morgan fingerprint density at radius 1 is 1.29 bits per heavy atom. The zero-order valence-electron chi connectivity index (χ0n) is 12.7. The van der Waals surface area contributed by atoms with E-state index in [-0.39, 0.29) is 16.7 Å². The fourth-order valence-electron chi connectivity index (χ4n) is 2.41. The molecule has 124 valence electrons. The summed E-state index contributed by atoms with van der Waals surface area (Å²) in [5, 5.41) is 18.9. The molecule has 4 rings (SSSR count). The number of hydrogen-bond donors (Lipinski definition) is 1. The lowest BCUT2D eigenvalue weighted by Gasteiger charge is -2.02. The van der Waals surface area contributed by atoms with Crippen molar-refractivity contribution < 1.29 is 9.63 Å². The molecule has 1 aliphatic carbocycles. The standard InChI is InChI=1S/C15H13Cl2N5O2/c1-22-12(19-14(20-22)7-2-3-7)6-11-18-15(24-21-11)9-4-8(16)5-10(17)13(9)23/h4-5,7,23H,2-3,6H2,1H3. The van der Waals surface area contributed by atoms with Crippen LogP contribution in [0.5, 0.6) is 5.75 Å². The zero-order valence-corrected chi connectivity index (χ0v) is 14.2. The molecule has 0 aliphatic heterocycles. The molecule has 0 radical (unpaired) electrons. The number of hydrogen-bond acceptors (Lipinski definition) is 6. The second-order valence-electron chi connectivity index (χ2n) is 5.76. The minimum atomic E-state index is -0.147. The van der Waals surface area contributed by atoms with Crippen LogP contribution < -0.4 is 0 Å². The van der Waals surface area contributed by atoms with Crippen molar-refractivity contribution in [3.63, 3.8) is 0 Å². The second-order valence-corrected chi connectivity index (χ2v) is 6.60. The van der Waals surface area contributed by atoms with Crippen molar-refractivity contribution >= 4 is 23.2 Å². The molecular formula is C15H13Cl2N5O2. The third-order valence-corrected chi connectivity index (χ3v) is 4.36. The fourth-order valence-corrected chi connectivity index (χ4v) is 2.91. The molecule has 0 bridgehead atoms. The lowest BCUT2D eigenvalue weighted by molar-refractivity contribution is 0.418. The molecule has 3 aromatic rings. The van der Waals surface area contributed by atoms with Crippen LogP contribution in [0.4, 0.5) is 0 Å². The summed E-state index contributed by atoms with van der Waals surface area (Å²) < 4.78 is 6.96. The van der Waals surface area contributed by atoms with Gasteiger partial charge in [-0.25, -0.2) is 4.98 Å². The van der Waals surface area contributed by atoms with Gasteiger partial charge in [0.1, 0.15) is 11.6 Å². The normalized spacial score (nSPS) is 14.3. The minimum absolute atomic E-state index is 0.125. The third-order valence-electron chi connectivity index (χ3n) is 3.86. The van der Waals surface area contributed by atoms with Crippen molar-refractivity contribution in [2.24, 2.45) is 7.05 Å². The molecule has 0 saturated heterocycles. The number of rotatable bonds is 4. The maximum atomic E-state index is 10.0. The number of phenols is 1. The van der Waals surface area contributed by atoms with Crippen molar-refractivity contribution in [2.75, 3.05) is 0 Å². The molecule has 24 heavy (non-hydrogen) atoms. The maximum absolute atomic E-state index is 10.0. The Bertz CT molecular complexity index is 917. The number of aromatic hydroxyl groups is 1. The molecule has 1 saturated carbocycles. The molecule has 7 nitrogen and oxygen atoms in total. The molecule has 1 aromatic carbocycles. The molecule has 2 heterocycles. The van der Waals surface area contributed by atoms with E-state index in [4.69, 9.17) is 27.7 Å². The first-order chi connectivity index (χ1) is 11.5. The average Bonchev–Trinajstić information content (AvgIpc) is 3.19. The molecule has 0 unspecified atom stereocenters. The van der Waals surface area contributed by atoms with Crippen molar-refractivity contribution in [1.82, 2.24) is 24.9 Å². The van der Waals surface area contributed by atoms with Crippen molar-refractivity contribution in [2.45, 2.75) is 25.2 Å². The summed E-state index contributed by atoms with van der Waals surface area (Å²) in [4.78, 5) is 8.83. The summed E-state index contributed by atoms with van der Waals surface area (Å²) in [6.07, 6.45) is 2.67. The fraction of sp³-hybridized carbons (Fsp3) is 0.333.